The molecule has 0 radical (unpaired) electrons. The molecule has 0 unspecified atom stereocenters. The van der Waals surface area contributed by atoms with Gasteiger partial charge in [0.05, 0.1) is 18.8 Å². The van der Waals surface area contributed by atoms with Gasteiger partial charge in [0.2, 0.25) is 5.91 Å². The maximum Gasteiger partial charge on any atom is 0.237 e. The smallest absolute Gasteiger partial charge is 0.237 e. The fourth-order valence-electron chi connectivity index (χ4n) is 1.62. The average Bonchev–Trinajstić information content (AvgIpc) is 2.91. The molecule has 0 aliphatic heterocycles. The minimum Gasteiger partial charge on any atom is -0.508 e. The first kappa shape index (κ1) is 13.1. The number of amides is 1. The summed E-state index contributed by atoms with van der Waals surface area (Å²) in [5.41, 5.74) is 6.69. The lowest BCUT2D eigenvalue weighted by molar-refractivity contribution is -0.122. The van der Waals surface area contributed by atoms with Crippen LogP contribution in [0.5, 0.6) is 5.75 Å². The van der Waals surface area contributed by atoms with Crippen molar-refractivity contribution in [3.63, 3.8) is 0 Å². The van der Waals surface area contributed by atoms with E-state index in [0.717, 1.165) is 5.56 Å². The summed E-state index contributed by atoms with van der Waals surface area (Å²) in [6, 6.07) is 7.62. The number of aromatic nitrogens is 1. The van der Waals surface area contributed by atoms with Crippen LogP contribution < -0.4 is 11.1 Å². The molecule has 1 aromatic carbocycles. The van der Waals surface area contributed by atoms with Gasteiger partial charge in [-0.05, 0) is 24.1 Å². The molecule has 6 heteroatoms. The van der Waals surface area contributed by atoms with Crippen molar-refractivity contribution >= 4 is 5.91 Å². The second kappa shape index (κ2) is 6.01. The van der Waals surface area contributed by atoms with Gasteiger partial charge in [0.25, 0.3) is 0 Å². The lowest BCUT2D eigenvalue weighted by atomic mass is 10.1. The average molecular weight is 261 g/mol. The number of nitrogens with one attached hydrogen (secondary N) is 1. The summed E-state index contributed by atoms with van der Waals surface area (Å²) >= 11 is 0. The Bertz CT molecular complexity index is 523. The van der Waals surface area contributed by atoms with Crippen LogP contribution >= 0.6 is 0 Å². The van der Waals surface area contributed by atoms with E-state index in [4.69, 9.17) is 15.4 Å². The molecule has 1 heterocycles. The van der Waals surface area contributed by atoms with Crippen molar-refractivity contribution in [2.75, 3.05) is 0 Å². The van der Waals surface area contributed by atoms with Crippen LogP contribution in [0, 0.1) is 0 Å². The summed E-state index contributed by atoms with van der Waals surface area (Å²) in [5.74, 6) is 0.502. The summed E-state index contributed by atoms with van der Waals surface area (Å²) in [6.07, 6.45) is 1.92. The molecule has 6 nitrogen and oxygen atoms in total. The summed E-state index contributed by atoms with van der Waals surface area (Å²) < 4.78 is 4.86. The molecule has 0 saturated carbocycles. The minimum absolute atomic E-state index is 0.187. The fraction of sp³-hybridized carbons (Fsp3) is 0.231. The molecular formula is C13H15N3O3. The highest BCUT2D eigenvalue weighted by Crippen LogP contribution is 2.10. The van der Waals surface area contributed by atoms with E-state index in [1.807, 2.05) is 0 Å². The highest BCUT2D eigenvalue weighted by atomic mass is 16.5. The quantitative estimate of drug-likeness (QED) is 0.730. The molecule has 0 aliphatic carbocycles. The normalized spacial score (nSPS) is 12.1. The molecule has 0 bridgehead atoms. The Hall–Kier alpha value is -2.34. The number of benzene rings is 1. The molecule has 0 spiro atoms. The third-order valence-electron chi connectivity index (χ3n) is 2.66. The Morgan fingerprint density at radius 3 is 2.74 bits per heavy atom. The van der Waals surface area contributed by atoms with E-state index in [1.54, 1.807) is 30.3 Å². The number of nitrogens with zero attached hydrogens (tertiary/aromatic N) is 1. The Morgan fingerprint density at radius 1 is 1.37 bits per heavy atom. The van der Waals surface area contributed by atoms with E-state index < -0.39 is 6.04 Å². The van der Waals surface area contributed by atoms with E-state index in [-0.39, 0.29) is 18.2 Å². The SMILES string of the molecule is N[C@@H](Cc1ccc(O)cc1)C(=O)NCc1ccno1. The topological polar surface area (TPSA) is 101 Å². The number of hydrogen-bond donors (Lipinski definition) is 3. The van der Waals surface area contributed by atoms with E-state index in [0.29, 0.717) is 12.2 Å². The zero-order valence-electron chi connectivity index (χ0n) is 10.2. The number of rotatable bonds is 5. The molecule has 1 atom stereocenters. The van der Waals surface area contributed by atoms with Crippen LogP contribution in [0.4, 0.5) is 0 Å². The molecule has 0 fully saturated rings. The van der Waals surface area contributed by atoms with Crippen molar-refractivity contribution in [1.82, 2.24) is 10.5 Å². The molecule has 4 N–H and O–H groups in total. The highest BCUT2D eigenvalue weighted by Gasteiger charge is 2.14. The van der Waals surface area contributed by atoms with Gasteiger partial charge in [-0.2, -0.15) is 0 Å². The zero-order valence-corrected chi connectivity index (χ0v) is 10.2. The lowest BCUT2D eigenvalue weighted by Gasteiger charge is -2.11. The van der Waals surface area contributed by atoms with Crippen LogP contribution in [0.25, 0.3) is 0 Å². The molecule has 19 heavy (non-hydrogen) atoms. The van der Waals surface area contributed by atoms with Gasteiger partial charge in [-0.1, -0.05) is 17.3 Å². The number of carbonyl (C=O) groups excluding carboxylic acids is 1. The van der Waals surface area contributed by atoms with Crippen molar-refractivity contribution in [3.05, 3.63) is 47.9 Å². The van der Waals surface area contributed by atoms with Crippen LogP contribution in [0.1, 0.15) is 11.3 Å². The monoisotopic (exact) mass is 261 g/mol. The predicted molar refractivity (Wildman–Crippen MR) is 68.1 cm³/mol. The van der Waals surface area contributed by atoms with Gasteiger partial charge in [0.15, 0.2) is 5.76 Å². The van der Waals surface area contributed by atoms with E-state index in [1.165, 1.54) is 6.20 Å². The van der Waals surface area contributed by atoms with Crippen molar-refractivity contribution in [1.29, 1.82) is 0 Å². The largest absolute Gasteiger partial charge is 0.508 e. The second-order valence-electron chi connectivity index (χ2n) is 4.17. The first-order chi connectivity index (χ1) is 9.15. The Morgan fingerprint density at radius 2 is 2.11 bits per heavy atom. The lowest BCUT2D eigenvalue weighted by Crippen LogP contribution is -2.41. The van der Waals surface area contributed by atoms with E-state index >= 15 is 0 Å². The number of carbonyl (C=O) groups is 1. The summed E-state index contributed by atoms with van der Waals surface area (Å²) in [4.78, 5) is 11.8. The molecule has 100 valence electrons. The zero-order chi connectivity index (χ0) is 13.7. The number of phenolic OH excluding ortho intramolecular Hbond substituents is 1. The van der Waals surface area contributed by atoms with E-state index in [9.17, 15) is 4.79 Å². The van der Waals surface area contributed by atoms with Gasteiger partial charge in [-0.15, -0.1) is 0 Å². The second-order valence-corrected chi connectivity index (χ2v) is 4.17. The van der Waals surface area contributed by atoms with Crippen molar-refractivity contribution < 1.29 is 14.4 Å². The van der Waals surface area contributed by atoms with Gasteiger partial charge >= 0.3 is 0 Å². The number of hydrogen-bond acceptors (Lipinski definition) is 5. The van der Waals surface area contributed by atoms with E-state index in [2.05, 4.69) is 10.5 Å². The highest BCUT2D eigenvalue weighted by molar-refractivity contribution is 5.81. The van der Waals surface area contributed by atoms with Crippen LogP contribution in [-0.4, -0.2) is 22.2 Å². The summed E-state index contributed by atoms with van der Waals surface area (Å²) in [7, 11) is 0. The van der Waals surface area contributed by atoms with Gasteiger partial charge in [0.1, 0.15) is 5.75 Å². The molecule has 0 aliphatic rings. The van der Waals surface area contributed by atoms with Gasteiger partial charge in [0, 0.05) is 6.07 Å². The van der Waals surface area contributed by atoms with Crippen LogP contribution in [-0.2, 0) is 17.8 Å². The molecule has 1 amide bonds. The summed E-state index contributed by atoms with van der Waals surface area (Å²) in [6.45, 7) is 0.266. The molecule has 2 rings (SSSR count). The first-order valence-electron chi connectivity index (χ1n) is 5.86. The van der Waals surface area contributed by atoms with Crippen LogP contribution in [0.3, 0.4) is 0 Å². The summed E-state index contributed by atoms with van der Waals surface area (Å²) in [5, 5.41) is 15.4. The van der Waals surface area contributed by atoms with Crippen molar-refractivity contribution in [2.45, 2.75) is 19.0 Å². The van der Waals surface area contributed by atoms with Gasteiger partial charge in [-0.3, -0.25) is 4.79 Å². The molecule has 1 aromatic heterocycles. The van der Waals surface area contributed by atoms with Crippen LogP contribution in [0.15, 0.2) is 41.1 Å². The number of phenols is 1. The maximum atomic E-state index is 11.8. The van der Waals surface area contributed by atoms with Crippen molar-refractivity contribution in [2.24, 2.45) is 5.73 Å². The Balaban J connectivity index is 1.83. The van der Waals surface area contributed by atoms with Gasteiger partial charge < -0.3 is 20.7 Å². The molecular weight excluding hydrogens is 246 g/mol. The Kier molecular flexibility index (Phi) is 4.15. The van der Waals surface area contributed by atoms with Gasteiger partial charge in [-0.25, -0.2) is 0 Å². The standard InChI is InChI=1S/C13H15N3O3/c14-12(7-9-1-3-10(17)4-2-9)13(18)15-8-11-5-6-16-19-11/h1-6,12,17H,7-8,14H2,(H,15,18)/t12-/m0/s1. The molecule has 0 saturated heterocycles. The minimum atomic E-state index is -0.646. The maximum absolute atomic E-state index is 11.8. The third-order valence-corrected chi connectivity index (χ3v) is 2.66. The fourth-order valence-corrected chi connectivity index (χ4v) is 1.62. The van der Waals surface area contributed by atoms with Crippen LogP contribution in [0.2, 0.25) is 0 Å². The Labute approximate surface area is 110 Å². The predicted octanol–water partition coefficient (Wildman–Crippen LogP) is 0.566. The first-order valence-corrected chi connectivity index (χ1v) is 5.86. The van der Waals surface area contributed by atoms with Crippen molar-refractivity contribution in [3.8, 4) is 5.75 Å². The number of nitrogens with two attached hydrogens (primary N) is 1. The third kappa shape index (κ3) is 3.82. The number of aromatic hydroxyl groups is 1. The molecule has 2 aromatic rings.